The van der Waals surface area contributed by atoms with Gasteiger partial charge in [-0.05, 0) is 25.0 Å². The van der Waals surface area contributed by atoms with E-state index in [9.17, 15) is 9.59 Å². The Morgan fingerprint density at radius 1 is 1.31 bits per heavy atom. The summed E-state index contributed by atoms with van der Waals surface area (Å²) in [5, 5.41) is 0. The second kappa shape index (κ2) is 4.79. The predicted octanol–water partition coefficient (Wildman–Crippen LogP) is 0.747. The summed E-state index contributed by atoms with van der Waals surface area (Å²) in [6.07, 6.45) is 0. The number of nitrogens with zero attached hydrogens (tertiary/aromatic N) is 1. The van der Waals surface area contributed by atoms with Gasteiger partial charge in [0.2, 0.25) is 0 Å². The van der Waals surface area contributed by atoms with Gasteiger partial charge in [0.1, 0.15) is 0 Å². The Kier molecular flexibility index (Phi) is 3.66. The summed E-state index contributed by atoms with van der Waals surface area (Å²) in [5.41, 5.74) is 8.21. The summed E-state index contributed by atoms with van der Waals surface area (Å²) in [6, 6.07) is 5.97. The number of rotatable bonds is 2. The zero-order valence-electron chi connectivity index (χ0n) is 9.78. The lowest BCUT2D eigenvalue weighted by molar-refractivity contribution is -0.143. The first-order chi connectivity index (χ1) is 7.41. The first-order valence-corrected chi connectivity index (χ1v) is 5.03. The fourth-order valence-corrected chi connectivity index (χ4v) is 1.54. The quantitative estimate of drug-likeness (QED) is 0.747. The predicted molar refractivity (Wildman–Crippen MR) is 61.6 cm³/mol. The molecule has 0 aromatic heterocycles. The number of aryl methyl sites for hydroxylation is 2. The van der Waals surface area contributed by atoms with Crippen molar-refractivity contribution in [2.24, 2.45) is 5.73 Å². The van der Waals surface area contributed by atoms with E-state index in [2.05, 4.69) is 0 Å². The van der Waals surface area contributed by atoms with E-state index in [0.29, 0.717) is 6.54 Å². The summed E-state index contributed by atoms with van der Waals surface area (Å²) in [6.45, 7) is 4.38. The van der Waals surface area contributed by atoms with Crippen molar-refractivity contribution in [3.05, 3.63) is 34.9 Å². The highest BCUT2D eigenvalue weighted by Crippen LogP contribution is 2.12. The molecule has 0 aliphatic heterocycles. The summed E-state index contributed by atoms with van der Waals surface area (Å²) in [7, 11) is 1.56. The van der Waals surface area contributed by atoms with Crippen molar-refractivity contribution in [2.45, 2.75) is 20.4 Å². The molecular weight excluding hydrogens is 204 g/mol. The van der Waals surface area contributed by atoms with Gasteiger partial charge in [0.25, 0.3) is 0 Å². The molecule has 0 aliphatic carbocycles. The van der Waals surface area contributed by atoms with Gasteiger partial charge in [0.15, 0.2) is 0 Å². The van der Waals surface area contributed by atoms with Crippen molar-refractivity contribution < 1.29 is 9.59 Å². The largest absolute Gasteiger partial charge is 0.361 e. The molecule has 0 saturated carbocycles. The molecule has 86 valence electrons. The Bertz CT molecular complexity index is 427. The number of likely N-dealkylation sites (N-methyl/N-ethyl adjacent to an activating group) is 1. The molecule has 0 heterocycles. The van der Waals surface area contributed by atoms with Gasteiger partial charge in [-0.3, -0.25) is 9.59 Å². The number of primary amides is 1. The van der Waals surface area contributed by atoms with E-state index in [0.717, 1.165) is 11.1 Å². The van der Waals surface area contributed by atoms with E-state index >= 15 is 0 Å². The van der Waals surface area contributed by atoms with Crippen LogP contribution in [0.25, 0.3) is 0 Å². The Morgan fingerprint density at radius 3 is 2.44 bits per heavy atom. The number of amides is 2. The molecule has 2 N–H and O–H groups in total. The van der Waals surface area contributed by atoms with Crippen LogP contribution in [-0.4, -0.2) is 23.8 Å². The SMILES string of the molecule is Cc1ccc(CN(C)C(=O)C(N)=O)c(C)c1. The summed E-state index contributed by atoms with van der Waals surface area (Å²) < 4.78 is 0. The van der Waals surface area contributed by atoms with Crippen LogP contribution in [0.1, 0.15) is 16.7 Å². The van der Waals surface area contributed by atoms with Crippen molar-refractivity contribution in [3.8, 4) is 0 Å². The minimum atomic E-state index is -0.924. The van der Waals surface area contributed by atoms with Crippen LogP contribution in [0, 0.1) is 13.8 Å². The van der Waals surface area contributed by atoms with Crippen molar-refractivity contribution >= 4 is 11.8 Å². The van der Waals surface area contributed by atoms with Gasteiger partial charge in [0.05, 0.1) is 0 Å². The van der Waals surface area contributed by atoms with E-state index in [1.54, 1.807) is 7.05 Å². The number of carbonyl (C=O) groups excluding carboxylic acids is 2. The normalized spacial score (nSPS) is 9.94. The van der Waals surface area contributed by atoms with Crippen molar-refractivity contribution in [1.29, 1.82) is 0 Å². The monoisotopic (exact) mass is 220 g/mol. The van der Waals surface area contributed by atoms with Crippen LogP contribution in [0.4, 0.5) is 0 Å². The lowest BCUT2D eigenvalue weighted by Crippen LogP contribution is -2.37. The van der Waals surface area contributed by atoms with E-state index in [-0.39, 0.29) is 0 Å². The molecule has 0 radical (unpaired) electrons. The number of hydrogen-bond acceptors (Lipinski definition) is 2. The highest BCUT2D eigenvalue weighted by molar-refractivity contribution is 6.34. The maximum Gasteiger partial charge on any atom is 0.311 e. The highest BCUT2D eigenvalue weighted by atomic mass is 16.2. The molecule has 0 bridgehead atoms. The van der Waals surface area contributed by atoms with Gasteiger partial charge in [-0.2, -0.15) is 0 Å². The number of benzene rings is 1. The van der Waals surface area contributed by atoms with Crippen LogP contribution in [0.15, 0.2) is 18.2 Å². The molecule has 0 atom stereocenters. The fraction of sp³-hybridized carbons (Fsp3) is 0.333. The third kappa shape index (κ3) is 2.82. The van der Waals surface area contributed by atoms with Gasteiger partial charge in [-0.1, -0.05) is 23.8 Å². The van der Waals surface area contributed by atoms with E-state index in [1.165, 1.54) is 10.5 Å². The minimum absolute atomic E-state index is 0.397. The molecule has 0 aliphatic rings. The maximum absolute atomic E-state index is 11.3. The van der Waals surface area contributed by atoms with Crippen molar-refractivity contribution in [3.63, 3.8) is 0 Å². The first kappa shape index (κ1) is 12.2. The van der Waals surface area contributed by atoms with E-state index < -0.39 is 11.8 Å². The molecule has 1 rings (SSSR count). The summed E-state index contributed by atoms with van der Waals surface area (Å²) in [4.78, 5) is 23.3. The molecule has 4 heteroatoms. The smallest absolute Gasteiger partial charge is 0.311 e. The summed E-state index contributed by atoms with van der Waals surface area (Å²) in [5.74, 6) is -1.59. The molecular formula is C12H16N2O2. The standard InChI is InChI=1S/C12H16N2O2/c1-8-4-5-10(9(2)6-8)7-14(3)12(16)11(13)15/h4-6H,7H2,1-3H3,(H2,13,15). The van der Waals surface area contributed by atoms with Gasteiger partial charge in [0, 0.05) is 13.6 Å². The first-order valence-electron chi connectivity index (χ1n) is 5.03. The zero-order valence-corrected chi connectivity index (χ0v) is 9.78. The van der Waals surface area contributed by atoms with Crippen LogP contribution in [0.5, 0.6) is 0 Å². The van der Waals surface area contributed by atoms with Gasteiger partial charge in [-0.15, -0.1) is 0 Å². The molecule has 0 saturated heterocycles. The second-order valence-electron chi connectivity index (χ2n) is 3.96. The fourth-order valence-electron chi connectivity index (χ4n) is 1.54. The zero-order chi connectivity index (χ0) is 12.3. The van der Waals surface area contributed by atoms with Crippen molar-refractivity contribution in [2.75, 3.05) is 7.05 Å². The average Bonchev–Trinajstić information content (AvgIpc) is 2.20. The lowest BCUT2D eigenvalue weighted by Gasteiger charge is -2.16. The van der Waals surface area contributed by atoms with Crippen LogP contribution >= 0.6 is 0 Å². The average molecular weight is 220 g/mol. The Labute approximate surface area is 95.0 Å². The Balaban J connectivity index is 2.81. The molecule has 1 aromatic carbocycles. The Hall–Kier alpha value is -1.84. The number of nitrogens with two attached hydrogens (primary N) is 1. The second-order valence-corrected chi connectivity index (χ2v) is 3.96. The van der Waals surface area contributed by atoms with Gasteiger partial charge in [-0.25, -0.2) is 0 Å². The van der Waals surface area contributed by atoms with Crippen LogP contribution < -0.4 is 5.73 Å². The third-order valence-electron chi connectivity index (χ3n) is 2.46. The molecule has 0 unspecified atom stereocenters. The topological polar surface area (TPSA) is 63.4 Å². The molecule has 0 fully saturated rings. The van der Waals surface area contributed by atoms with Gasteiger partial charge >= 0.3 is 11.8 Å². The molecule has 4 nitrogen and oxygen atoms in total. The molecule has 16 heavy (non-hydrogen) atoms. The van der Waals surface area contributed by atoms with Crippen LogP contribution in [-0.2, 0) is 16.1 Å². The molecule has 2 amide bonds. The van der Waals surface area contributed by atoms with Crippen LogP contribution in [0.3, 0.4) is 0 Å². The maximum atomic E-state index is 11.3. The number of carbonyl (C=O) groups is 2. The summed E-state index contributed by atoms with van der Waals surface area (Å²) >= 11 is 0. The third-order valence-corrected chi connectivity index (χ3v) is 2.46. The van der Waals surface area contributed by atoms with E-state index in [1.807, 2.05) is 32.0 Å². The Morgan fingerprint density at radius 2 is 1.94 bits per heavy atom. The van der Waals surface area contributed by atoms with Crippen LogP contribution in [0.2, 0.25) is 0 Å². The van der Waals surface area contributed by atoms with E-state index in [4.69, 9.17) is 5.73 Å². The minimum Gasteiger partial charge on any atom is -0.361 e. The molecule has 1 aromatic rings. The van der Waals surface area contributed by atoms with Crippen molar-refractivity contribution in [1.82, 2.24) is 4.90 Å². The lowest BCUT2D eigenvalue weighted by atomic mass is 10.1. The molecule has 0 spiro atoms. The van der Waals surface area contributed by atoms with Gasteiger partial charge < -0.3 is 10.6 Å². The number of hydrogen-bond donors (Lipinski definition) is 1. The highest BCUT2D eigenvalue weighted by Gasteiger charge is 2.15.